The number of amides is 1. The van der Waals surface area contributed by atoms with Crippen molar-refractivity contribution >= 4 is 29.2 Å². The first-order valence-electron chi connectivity index (χ1n) is 8.82. The number of halogens is 1. The second-order valence-electron chi connectivity index (χ2n) is 6.12. The first-order chi connectivity index (χ1) is 14.6. The summed E-state index contributed by atoms with van der Waals surface area (Å²) in [5.74, 6) is -1.13. The number of carbonyl (C=O) groups excluding carboxylic acids is 2. The molecule has 0 aliphatic carbocycles. The van der Waals surface area contributed by atoms with Crippen molar-refractivity contribution in [3.63, 3.8) is 0 Å². The van der Waals surface area contributed by atoms with Crippen LogP contribution in [0.25, 0.3) is 11.4 Å². The van der Waals surface area contributed by atoms with Crippen LogP contribution in [0.2, 0.25) is 5.02 Å². The SMILES string of the molecule is O=C(COC(=O)c1ccc(-n2cccn2)cc1)Nc1cc(Cl)ccc1-n1cncn1. The zero-order valence-electron chi connectivity index (χ0n) is 15.5. The molecule has 0 unspecified atom stereocenters. The van der Waals surface area contributed by atoms with E-state index in [2.05, 4.69) is 20.5 Å². The number of anilines is 1. The maximum atomic E-state index is 12.3. The van der Waals surface area contributed by atoms with Gasteiger partial charge in [0, 0.05) is 17.4 Å². The van der Waals surface area contributed by atoms with E-state index in [1.54, 1.807) is 65.6 Å². The smallest absolute Gasteiger partial charge is 0.338 e. The largest absolute Gasteiger partial charge is 0.452 e. The molecule has 0 spiro atoms. The molecule has 4 aromatic rings. The van der Waals surface area contributed by atoms with Crippen LogP contribution in [0, 0.1) is 0 Å². The van der Waals surface area contributed by atoms with Gasteiger partial charge in [-0.1, -0.05) is 11.6 Å². The predicted molar refractivity (Wildman–Crippen MR) is 109 cm³/mol. The summed E-state index contributed by atoms with van der Waals surface area (Å²) in [6.07, 6.45) is 6.32. The van der Waals surface area contributed by atoms with E-state index in [-0.39, 0.29) is 0 Å². The number of nitrogens with one attached hydrogen (secondary N) is 1. The second-order valence-corrected chi connectivity index (χ2v) is 6.56. The van der Waals surface area contributed by atoms with Gasteiger partial charge in [0.1, 0.15) is 12.7 Å². The van der Waals surface area contributed by atoms with Crippen molar-refractivity contribution in [1.82, 2.24) is 24.5 Å². The van der Waals surface area contributed by atoms with E-state index >= 15 is 0 Å². The number of carbonyl (C=O) groups is 2. The van der Waals surface area contributed by atoms with Crippen LogP contribution in [0.3, 0.4) is 0 Å². The van der Waals surface area contributed by atoms with E-state index < -0.39 is 18.5 Å². The zero-order valence-corrected chi connectivity index (χ0v) is 16.2. The maximum Gasteiger partial charge on any atom is 0.338 e. The molecular formula is C20H15ClN6O3. The first kappa shape index (κ1) is 19.3. The van der Waals surface area contributed by atoms with Crippen molar-refractivity contribution in [3.8, 4) is 11.4 Å². The topological polar surface area (TPSA) is 104 Å². The Balaban J connectivity index is 1.38. The van der Waals surface area contributed by atoms with Gasteiger partial charge in [0.25, 0.3) is 5.91 Å². The van der Waals surface area contributed by atoms with Gasteiger partial charge >= 0.3 is 5.97 Å². The van der Waals surface area contributed by atoms with Gasteiger partial charge in [0.05, 0.1) is 22.6 Å². The lowest BCUT2D eigenvalue weighted by molar-refractivity contribution is -0.119. The van der Waals surface area contributed by atoms with Crippen molar-refractivity contribution in [2.24, 2.45) is 0 Å². The number of hydrogen-bond donors (Lipinski definition) is 1. The minimum Gasteiger partial charge on any atom is -0.452 e. The highest BCUT2D eigenvalue weighted by atomic mass is 35.5. The molecule has 4 rings (SSSR count). The lowest BCUT2D eigenvalue weighted by Gasteiger charge is -2.11. The van der Waals surface area contributed by atoms with E-state index in [1.165, 1.54) is 17.3 Å². The fourth-order valence-electron chi connectivity index (χ4n) is 2.71. The van der Waals surface area contributed by atoms with Crippen molar-refractivity contribution in [2.75, 3.05) is 11.9 Å². The van der Waals surface area contributed by atoms with Crippen LogP contribution in [0.5, 0.6) is 0 Å². The molecule has 0 fully saturated rings. The molecule has 10 heteroatoms. The molecule has 2 aromatic carbocycles. The fourth-order valence-corrected chi connectivity index (χ4v) is 2.89. The van der Waals surface area contributed by atoms with Gasteiger partial charge in [-0.3, -0.25) is 4.79 Å². The average molecular weight is 423 g/mol. The number of benzene rings is 2. The number of esters is 1. The van der Waals surface area contributed by atoms with Crippen molar-refractivity contribution in [2.45, 2.75) is 0 Å². The zero-order chi connectivity index (χ0) is 20.9. The Labute approximate surface area is 175 Å². The molecule has 1 N–H and O–H groups in total. The third kappa shape index (κ3) is 4.36. The van der Waals surface area contributed by atoms with Crippen LogP contribution in [0.4, 0.5) is 5.69 Å². The number of aromatic nitrogens is 5. The molecule has 1 amide bonds. The van der Waals surface area contributed by atoms with Crippen molar-refractivity contribution in [3.05, 3.63) is 84.2 Å². The highest BCUT2D eigenvalue weighted by molar-refractivity contribution is 6.31. The Bertz CT molecular complexity index is 1160. The van der Waals surface area contributed by atoms with E-state index in [1.807, 2.05) is 0 Å². The summed E-state index contributed by atoms with van der Waals surface area (Å²) in [5, 5.41) is 11.3. The molecule has 0 aliphatic heterocycles. The first-order valence-corrected chi connectivity index (χ1v) is 9.19. The van der Waals surface area contributed by atoms with Gasteiger partial charge in [-0.2, -0.15) is 10.2 Å². The van der Waals surface area contributed by atoms with Crippen LogP contribution in [0.15, 0.2) is 73.6 Å². The lowest BCUT2D eigenvalue weighted by Crippen LogP contribution is -2.21. The summed E-state index contributed by atoms with van der Waals surface area (Å²) in [7, 11) is 0. The minimum atomic E-state index is -0.611. The normalized spacial score (nSPS) is 10.6. The molecule has 150 valence electrons. The lowest BCUT2D eigenvalue weighted by atomic mass is 10.2. The molecule has 9 nitrogen and oxygen atoms in total. The van der Waals surface area contributed by atoms with E-state index in [4.69, 9.17) is 16.3 Å². The number of hydrogen-bond acceptors (Lipinski definition) is 6. The minimum absolute atomic E-state index is 0.324. The summed E-state index contributed by atoms with van der Waals surface area (Å²) < 4.78 is 8.26. The van der Waals surface area contributed by atoms with Crippen molar-refractivity contribution in [1.29, 1.82) is 0 Å². The summed E-state index contributed by atoms with van der Waals surface area (Å²) in [6.45, 7) is -0.455. The Morgan fingerprint density at radius 1 is 1.07 bits per heavy atom. The average Bonchev–Trinajstić information content (AvgIpc) is 3.47. The predicted octanol–water partition coefficient (Wildman–Crippen LogP) is 2.90. The van der Waals surface area contributed by atoms with Crippen LogP contribution >= 0.6 is 11.6 Å². The van der Waals surface area contributed by atoms with E-state index in [0.717, 1.165) is 5.69 Å². The molecule has 2 heterocycles. The van der Waals surface area contributed by atoms with Gasteiger partial charge in [-0.05, 0) is 48.5 Å². The molecule has 0 bridgehead atoms. The third-order valence-electron chi connectivity index (χ3n) is 4.10. The Morgan fingerprint density at radius 3 is 2.60 bits per heavy atom. The second kappa shape index (κ2) is 8.58. The molecular weight excluding hydrogens is 408 g/mol. The molecule has 0 aliphatic rings. The maximum absolute atomic E-state index is 12.3. The van der Waals surface area contributed by atoms with E-state index in [0.29, 0.717) is 22.0 Å². The number of ether oxygens (including phenoxy) is 1. The molecule has 0 saturated heterocycles. The third-order valence-corrected chi connectivity index (χ3v) is 4.34. The Hall–Kier alpha value is -3.98. The molecule has 0 atom stereocenters. The van der Waals surface area contributed by atoms with Gasteiger partial charge in [-0.15, -0.1) is 0 Å². The standard InChI is InChI=1S/C20H15ClN6O3/c21-15-4-7-18(27-13-22-12-24-27)17(10-15)25-19(28)11-30-20(29)14-2-5-16(6-3-14)26-9-1-8-23-26/h1-10,12-13H,11H2,(H,25,28). The van der Waals surface area contributed by atoms with Crippen LogP contribution in [-0.2, 0) is 9.53 Å². The van der Waals surface area contributed by atoms with Crippen LogP contribution < -0.4 is 5.32 Å². The Morgan fingerprint density at radius 2 is 1.90 bits per heavy atom. The summed E-state index contributed by atoms with van der Waals surface area (Å²) >= 11 is 6.03. The van der Waals surface area contributed by atoms with Crippen LogP contribution in [0.1, 0.15) is 10.4 Å². The summed E-state index contributed by atoms with van der Waals surface area (Å²) in [5.41, 5.74) is 2.11. The van der Waals surface area contributed by atoms with Crippen molar-refractivity contribution < 1.29 is 14.3 Å². The summed E-state index contributed by atoms with van der Waals surface area (Å²) in [4.78, 5) is 28.4. The Kier molecular flexibility index (Phi) is 5.53. The fraction of sp³-hybridized carbons (Fsp3) is 0.0500. The molecule has 2 aromatic heterocycles. The van der Waals surface area contributed by atoms with Gasteiger partial charge < -0.3 is 10.1 Å². The number of rotatable bonds is 6. The summed E-state index contributed by atoms with van der Waals surface area (Å²) in [6, 6.07) is 13.4. The van der Waals surface area contributed by atoms with Gasteiger partial charge in [-0.25, -0.2) is 19.1 Å². The van der Waals surface area contributed by atoms with E-state index in [9.17, 15) is 9.59 Å². The highest BCUT2D eigenvalue weighted by Crippen LogP contribution is 2.24. The molecule has 0 saturated carbocycles. The molecule has 0 radical (unpaired) electrons. The van der Waals surface area contributed by atoms with Crippen LogP contribution in [-0.4, -0.2) is 43.0 Å². The number of nitrogens with zero attached hydrogens (tertiary/aromatic N) is 5. The highest BCUT2D eigenvalue weighted by Gasteiger charge is 2.13. The van der Waals surface area contributed by atoms with Gasteiger partial charge in [0.15, 0.2) is 6.61 Å². The molecule has 30 heavy (non-hydrogen) atoms. The van der Waals surface area contributed by atoms with Gasteiger partial charge in [0.2, 0.25) is 0 Å². The quantitative estimate of drug-likeness (QED) is 0.479. The monoisotopic (exact) mass is 422 g/mol.